The van der Waals surface area contributed by atoms with Crippen LogP contribution in [0.2, 0.25) is 0 Å². The van der Waals surface area contributed by atoms with Crippen LogP contribution in [0.1, 0.15) is 13.8 Å². The van der Waals surface area contributed by atoms with Gasteiger partial charge in [0.2, 0.25) is 10.0 Å². The van der Waals surface area contributed by atoms with Crippen molar-refractivity contribution in [3.8, 4) is 5.75 Å². The summed E-state index contributed by atoms with van der Waals surface area (Å²) in [6.45, 7) is 2.92. The second-order valence-electron chi connectivity index (χ2n) is 4.55. The molecule has 6 nitrogen and oxygen atoms in total. The van der Waals surface area contributed by atoms with Gasteiger partial charge >= 0.3 is 0 Å². The molecule has 0 saturated heterocycles. The number of methoxy groups -OCH3 is 1. The molecule has 0 amide bonds. The zero-order valence-electron chi connectivity index (χ0n) is 10.6. The summed E-state index contributed by atoms with van der Waals surface area (Å²) < 4.78 is 31.3. The average Bonchev–Trinajstić information content (AvgIpc) is 2.25. The van der Waals surface area contributed by atoms with E-state index in [4.69, 9.17) is 10.5 Å². The quantitative estimate of drug-likeness (QED) is 0.671. The van der Waals surface area contributed by atoms with Crippen molar-refractivity contribution >= 4 is 15.7 Å². The van der Waals surface area contributed by atoms with Crippen molar-refractivity contribution in [2.75, 3.05) is 19.4 Å². The molecule has 18 heavy (non-hydrogen) atoms. The molecule has 0 aliphatic heterocycles. The molecule has 1 rings (SSSR count). The van der Waals surface area contributed by atoms with Crippen molar-refractivity contribution in [3.05, 3.63) is 18.2 Å². The molecule has 0 fully saturated rings. The van der Waals surface area contributed by atoms with Crippen LogP contribution in [0.4, 0.5) is 5.69 Å². The van der Waals surface area contributed by atoms with Crippen LogP contribution in [0.5, 0.6) is 5.75 Å². The van der Waals surface area contributed by atoms with Crippen LogP contribution in [0.3, 0.4) is 0 Å². The van der Waals surface area contributed by atoms with Crippen molar-refractivity contribution in [3.63, 3.8) is 0 Å². The van der Waals surface area contributed by atoms with E-state index in [1.54, 1.807) is 0 Å². The lowest BCUT2D eigenvalue weighted by atomic mass is 10.1. The Morgan fingerprint density at radius 3 is 2.56 bits per heavy atom. The number of benzene rings is 1. The van der Waals surface area contributed by atoms with E-state index >= 15 is 0 Å². The van der Waals surface area contributed by atoms with Gasteiger partial charge in [-0.05, 0) is 26.0 Å². The second kappa shape index (κ2) is 5.13. The van der Waals surface area contributed by atoms with E-state index in [-0.39, 0.29) is 17.2 Å². The third-order valence-electron chi connectivity index (χ3n) is 2.17. The first-order valence-electron chi connectivity index (χ1n) is 5.31. The minimum atomic E-state index is -3.74. The number of hydrogen-bond donors (Lipinski definition) is 3. The molecule has 0 aliphatic carbocycles. The summed E-state index contributed by atoms with van der Waals surface area (Å²) in [6.07, 6.45) is 0. The van der Waals surface area contributed by atoms with E-state index in [2.05, 4.69) is 4.72 Å². The average molecular weight is 274 g/mol. The van der Waals surface area contributed by atoms with Crippen molar-refractivity contribution < 1.29 is 18.3 Å². The molecular formula is C11H18N2O4S. The molecule has 7 heteroatoms. The van der Waals surface area contributed by atoms with Crippen LogP contribution < -0.4 is 15.2 Å². The number of nitrogens with two attached hydrogens (primary N) is 1. The number of nitrogen functional groups attached to an aromatic ring is 1. The Hall–Kier alpha value is -1.31. The molecule has 0 saturated carbocycles. The summed E-state index contributed by atoms with van der Waals surface area (Å²) in [4.78, 5) is -0.0107. The summed E-state index contributed by atoms with van der Waals surface area (Å²) in [7, 11) is -2.38. The summed E-state index contributed by atoms with van der Waals surface area (Å²) in [5.41, 5.74) is 4.83. The predicted molar refractivity (Wildman–Crippen MR) is 68.9 cm³/mol. The highest BCUT2D eigenvalue weighted by Gasteiger charge is 2.22. The number of rotatable bonds is 5. The number of sulfonamides is 1. The molecule has 0 bridgehead atoms. The van der Waals surface area contributed by atoms with Crippen LogP contribution in [0.25, 0.3) is 0 Å². The van der Waals surface area contributed by atoms with E-state index in [0.29, 0.717) is 5.69 Å². The van der Waals surface area contributed by atoms with Gasteiger partial charge in [0.1, 0.15) is 10.6 Å². The molecule has 0 aliphatic rings. The van der Waals surface area contributed by atoms with Crippen molar-refractivity contribution in [2.45, 2.75) is 24.3 Å². The van der Waals surface area contributed by atoms with E-state index in [0.717, 1.165) is 0 Å². The molecule has 0 spiro atoms. The molecule has 1 aromatic rings. The van der Waals surface area contributed by atoms with Gasteiger partial charge in [-0.1, -0.05) is 0 Å². The van der Waals surface area contributed by atoms with Crippen LogP contribution in [0.15, 0.2) is 23.1 Å². The number of nitrogens with one attached hydrogen (secondary N) is 1. The normalized spacial score (nSPS) is 12.4. The molecule has 102 valence electrons. The highest BCUT2D eigenvalue weighted by atomic mass is 32.2. The van der Waals surface area contributed by atoms with E-state index in [1.165, 1.54) is 39.2 Å². The van der Waals surface area contributed by atoms with E-state index < -0.39 is 15.6 Å². The standard InChI is InChI=1S/C11H18N2O4S/c1-11(2,14)7-13-18(15,16)10-5-4-8(12)6-9(10)17-3/h4-6,13-14H,7,12H2,1-3H3. The number of hydrogen-bond acceptors (Lipinski definition) is 5. The largest absolute Gasteiger partial charge is 0.495 e. The summed E-state index contributed by atoms with van der Waals surface area (Å²) in [5, 5.41) is 9.52. The van der Waals surface area contributed by atoms with Gasteiger partial charge in [0.15, 0.2) is 0 Å². The van der Waals surface area contributed by atoms with Crippen LogP contribution in [-0.2, 0) is 10.0 Å². The Bertz CT molecular complexity index is 520. The lowest BCUT2D eigenvalue weighted by Crippen LogP contribution is -2.38. The first-order chi connectivity index (χ1) is 8.15. The Balaban J connectivity index is 3.05. The molecule has 4 N–H and O–H groups in total. The topological polar surface area (TPSA) is 102 Å². The molecule has 1 aromatic carbocycles. The summed E-state index contributed by atoms with van der Waals surface area (Å²) in [6, 6.07) is 4.26. The highest BCUT2D eigenvalue weighted by molar-refractivity contribution is 7.89. The molecular weight excluding hydrogens is 256 g/mol. The molecule has 0 aromatic heterocycles. The first-order valence-corrected chi connectivity index (χ1v) is 6.79. The molecule has 0 unspecified atom stereocenters. The first kappa shape index (κ1) is 14.7. The summed E-state index contributed by atoms with van der Waals surface area (Å²) >= 11 is 0. The number of aliphatic hydroxyl groups is 1. The number of anilines is 1. The third-order valence-corrected chi connectivity index (χ3v) is 3.61. The minimum absolute atomic E-state index is 0.0107. The molecule has 0 heterocycles. The second-order valence-corrected chi connectivity index (χ2v) is 6.28. The van der Waals surface area contributed by atoms with Crippen molar-refractivity contribution in [1.29, 1.82) is 0 Å². The van der Waals surface area contributed by atoms with E-state index in [1.807, 2.05) is 0 Å². The maximum Gasteiger partial charge on any atom is 0.244 e. The Kier molecular flexibility index (Phi) is 4.20. The van der Waals surface area contributed by atoms with Gasteiger partial charge in [-0.25, -0.2) is 13.1 Å². The Morgan fingerprint density at radius 1 is 1.44 bits per heavy atom. The fourth-order valence-corrected chi connectivity index (χ4v) is 2.61. The van der Waals surface area contributed by atoms with Gasteiger partial charge in [-0.15, -0.1) is 0 Å². The Labute approximate surface area is 107 Å². The van der Waals surface area contributed by atoms with E-state index in [9.17, 15) is 13.5 Å². The van der Waals surface area contributed by atoms with Crippen molar-refractivity contribution in [2.24, 2.45) is 0 Å². The lowest BCUT2D eigenvalue weighted by Gasteiger charge is -2.18. The maximum absolute atomic E-state index is 12.0. The van der Waals surface area contributed by atoms with Gasteiger partial charge in [0.05, 0.1) is 12.7 Å². The number of ether oxygens (including phenoxy) is 1. The molecule has 0 atom stereocenters. The smallest absolute Gasteiger partial charge is 0.244 e. The van der Waals surface area contributed by atoms with Gasteiger partial charge in [-0.2, -0.15) is 0 Å². The zero-order chi connectivity index (χ0) is 14.0. The minimum Gasteiger partial charge on any atom is -0.495 e. The fourth-order valence-electron chi connectivity index (χ4n) is 1.26. The maximum atomic E-state index is 12.0. The SMILES string of the molecule is COc1cc(N)ccc1S(=O)(=O)NCC(C)(C)O. The predicted octanol–water partition coefficient (Wildman–Crippen LogP) is 0.327. The van der Waals surface area contributed by atoms with Crippen LogP contribution in [0, 0.1) is 0 Å². The van der Waals surface area contributed by atoms with Gasteiger partial charge in [0.25, 0.3) is 0 Å². The van der Waals surface area contributed by atoms with Gasteiger partial charge in [0, 0.05) is 18.3 Å². The van der Waals surface area contributed by atoms with Crippen molar-refractivity contribution in [1.82, 2.24) is 4.72 Å². The van der Waals surface area contributed by atoms with Crippen LogP contribution in [-0.4, -0.2) is 32.8 Å². The third kappa shape index (κ3) is 3.86. The highest BCUT2D eigenvalue weighted by Crippen LogP contribution is 2.25. The zero-order valence-corrected chi connectivity index (χ0v) is 11.4. The lowest BCUT2D eigenvalue weighted by molar-refractivity contribution is 0.0857. The van der Waals surface area contributed by atoms with Crippen LogP contribution >= 0.6 is 0 Å². The molecule has 0 radical (unpaired) electrons. The monoisotopic (exact) mass is 274 g/mol. The van der Waals surface area contributed by atoms with Gasteiger partial charge < -0.3 is 15.6 Å². The summed E-state index contributed by atoms with van der Waals surface area (Å²) in [5.74, 6) is 0.165. The fraction of sp³-hybridized carbons (Fsp3) is 0.455. The van der Waals surface area contributed by atoms with Gasteiger partial charge in [-0.3, -0.25) is 0 Å². The Morgan fingerprint density at radius 2 is 2.06 bits per heavy atom.